The van der Waals surface area contributed by atoms with Crippen LogP contribution in [0.5, 0.6) is 0 Å². The highest BCUT2D eigenvalue weighted by Gasteiger charge is 2.41. The highest BCUT2D eigenvalue weighted by atomic mass is 16.2. The SMILES string of the molecule is Cc1cccc(NC(=O)C2CCCN(C(=O)C3CCN(c4ccc(C)c(C)c4)C3=O)C2)n1. The van der Waals surface area contributed by atoms with Crippen molar-refractivity contribution >= 4 is 29.2 Å². The van der Waals surface area contributed by atoms with Crippen molar-refractivity contribution in [1.82, 2.24) is 9.88 Å². The molecule has 2 aliphatic heterocycles. The molecule has 168 valence electrons. The van der Waals surface area contributed by atoms with Crippen LogP contribution in [0.1, 0.15) is 36.1 Å². The number of rotatable bonds is 4. The largest absolute Gasteiger partial charge is 0.341 e. The molecule has 1 aromatic carbocycles. The first-order chi connectivity index (χ1) is 15.3. The molecule has 0 aliphatic carbocycles. The Labute approximate surface area is 188 Å². The van der Waals surface area contributed by atoms with Crippen LogP contribution in [0, 0.1) is 32.6 Å². The molecule has 0 saturated carbocycles. The summed E-state index contributed by atoms with van der Waals surface area (Å²) >= 11 is 0. The van der Waals surface area contributed by atoms with Gasteiger partial charge in [0, 0.05) is 31.0 Å². The number of aryl methyl sites for hydroxylation is 3. The minimum absolute atomic E-state index is 0.130. The lowest BCUT2D eigenvalue weighted by atomic mass is 9.95. The number of carbonyl (C=O) groups is 3. The van der Waals surface area contributed by atoms with Gasteiger partial charge in [-0.15, -0.1) is 0 Å². The smallest absolute Gasteiger partial charge is 0.239 e. The van der Waals surface area contributed by atoms with Crippen LogP contribution in [0.25, 0.3) is 0 Å². The Morgan fingerprint density at radius 2 is 1.84 bits per heavy atom. The second-order valence-electron chi connectivity index (χ2n) is 8.88. The van der Waals surface area contributed by atoms with Crippen LogP contribution in [0.2, 0.25) is 0 Å². The van der Waals surface area contributed by atoms with Gasteiger partial charge < -0.3 is 15.1 Å². The van der Waals surface area contributed by atoms with Gasteiger partial charge in [0.05, 0.1) is 5.92 Å². The summed E-state index contributed by atoms with van der Waals surface area (Å²) in [5.41, 5.74) is 3.97. The first-order valence-corrected chi connectivity index (χ1v) is 11.3. The third-order valence-corrected chi connectivity index (χ3v) is 6.55. The van der Waals surface area contributed by atoms with Crippen molar-refractivity contribution in [3.8, 4) is 0 Å². The number of benzene rings is 1. The molecular weight excluding hydrogens is 404 g/mol. The molecule has 0 radical (unpaired) electrons. The zero-order valence-electron chi connectivity index (χ0n) is 18.9. The van der Waals surface area contributed by atoms with Gasteiger partial charge in [0.15, 0.2) is 0 Å². The Balaban J connectivity index is 1.40. The molecule has 7 nitrogen and oxygen atoms in total. The molecule has 0 spiro atoms. The number of piperidine rings is 1. The molecule has 32 heavy (non-hydrogen) atoms. The molecule has 2 unspecified atom stereocenters. The van der Waals surface area contributed by atoms with Gasteiger partial charge in [-0.1, -0.05) is 12.1 Å². The lowest BCUT2D eigenvalue weighted by Crippen LogP contribution is -2.47. The van der Waals surface area contributed by atoms with Crippen LogP contribution < -0.4 is 10.2 Å². The summed E-state index contributed by atoms with van der Waals surface area (Å²) in [6.07, 6.45) is 1.97. The highest BCUT2D eigenvalue weighted by molar-refractivity contribution is 6.09. The third kappa shape index (κ3) is 4.52. The van der Waals surface area contributed by atoms with E-state index in [1.54, 1.807) is 15.9 Å². The van der Waals surface area contributed by atoms with E-state index in [9.17, 15) is 14.4 Å². The zero-order chi connectivity index (χ0) is 22.8. The molecule has 3 heterocycles. The van der Waals surface area contributed by atoms with E-state index in [2.05, 4.69) is 10.3 Å². The first-order valence-electron chi connectivity index (χ1n) is 11.3. The fraction of sp³-hybridized carbons (Fsp3) is 0.440. The number of likely N-dealkylation sites (tertiary alicyclic amines) is 1. The molecule has 1 aromatic heterocycles. The van der Waals surface area contributed by atoms with Crippen molar-refractivity contribution in [1.29, 1.82) is 0 Å². The van der Waals surface area contributed by atoms with Crippen LogP contribution in [0.3, 0.4) is 0 Å². The average Bonchev–Trinajstić information content (AvgIpc) is 3.16. The second-order valence-corrected chi connectivity index (χ2v) is 8.88. The number of anilines is 2. The van der Waals surface area contributed by atoms with E-state index in [4.69, 9.17) is 0 Å². The molecule has 3 amide bonds. The van der Waals surface area contributed by atoms with E-state index >= 15 is 0 Å². The van der Waals surface area contributed by atoms with Gasteiger partial charge in [0.2, 0.25) is 17.7 Å². The van der Waals surface area contributed by atoms with E-state index in [0.29, 0.717) is 31.9 Å². The van der Waals surface area contributed by atoms with Crippen LogP contribution in [-0.4, -0.2) is 47.2 Å². The fourth-order valence-electron chi connectivity index (χ4n) is 4.51. The van der Waals surface area contributed by atoms with Crippen molar-refractivity contribution in [2.24, 2.45) is 11.8 Å². The number of hydrogen-bond acceptors (Lipinski definition) is 4. The monoisotopic (exact) mass is 434 g/mol. The van der Waals surface area contributed by atoms with Crippen molar-refractivity contribution in [2.45, 2.75) is 40.0 Å². The fourth-order valence-corrected chi connectivity index (χ4v) is 4.51. The molecule has 2 atom stereocenters. The van der Waals surface area contributed by atoms with Crippen molar-refractivity contribution in [2.75, 3.05) is 29.9 Å². The summed E-state index contributed by atoms with van der Waals surface area (Å²) in [5, 5.41) is 2.87. The highest BCUT2D eigenvalue weighted by Crippen LogP contribution is 2.29. The Kier molecular flexibility index (Phi) is 6.26. The second kappa shape index (κ2) is 9.10. The summed E-state index contributed by atoms with van der Waals surface area (Å²) in [7, 11) is 0. The number of carbonyl (C=O) groups excluding carboxylic acids is 3. The minimum Gasteiger partial charge on any atom is -0.341 e. The number of nitrogens with one attached hydrogen (secondary N) is 1. The molecule has 2 fully saturated rings. The molecule has 0 bridgehead atoms. The minimum atomic E-state index is -0.670. The quantitative estimate of drug-likeness (QED) is 0.749. The summed E-state index contributed by atoms with van der Waals surface area (Å²) < 4.78 is 0. The maximum Gasteiger partial charge on any atom is 0.239 e. The van der Waals surface area contributed by atoms with Crippen molar-refractivity contribution in [3.63, 3.8) is 0 Å². The summed E-state index contributed by atoms with van der Waals surface area (Å²) in [6, 6.07) is 11.4. The standard InChI is InChI=1S/C25H30N4O3/c1-16-9-10-20(14-17(16)2)29-13-11-21(25(29)32)24(31)28-12-5-7-19(15-28)23(30)27-22-8-4-6-18(3)26-22/h4,6,8-10,14,19,21H,5,7,11-13,15H2,1-3H3,(H,26,27,30). The van der Waals surface area contributed by atoms with Gasteiger partial charge in [-0.3, -0.25) is 14.4 Å². The van der Waals surface area contributed by atoms with Crippen molar-refractivity contribution in [3.05, 3.63) is 53.2 Å². The molecule has 2 aliphatic rings. The topological polar surface area (TPSA) is 82.6 Å². The lowest BCUT2D eigenvalue weighted by molar-refractivity contribution is -0.141. The Hall–Kier alpha value is -3.22. The average molecular weight is 435 g/mol. The molecule has 4 rings (SSSR count). The molecule has 2 saturated heterocycles. The Morgan fingerprint density at radius 3 is 2.59 bits per heavy atom. The first kappa shape index (κ1) is 22.0. The van der Waals surface area contributed by atoms with E-state index in [1.807, 2.05) is 51.1 Å². The maximum atomic E-state index is 13.2. The summed E-state index contributed by atoms with van der Waals surface area (Å²) in [6.45, 7) is 7.38. The van der Waals surface area contributed by atoms with E-state index in [-0.39, 0.29) is 23.6 Å². The predicted molar refractivity (Wildman–Crippen MR) is 123 cm³/mol. The summed E-state index contributed by atoms with van der Waals surface area (Å²) in [5.74, 6) is -0.885. The molecule has 7 heteroatoms. The van der Waals surface area contributed by atoms with Gasteiger partial charge in [-0.25, -0.2) is 4.98 Å². The van der Waals surface area contributed by atoms with Crippen LogP contribution in [0.4, 0.5) is 11.5 Å². The van der Waals surface area contributed by atoms with Crippen LogP contribution in [-0.2, 0) is 14.4 Å². The van der Waals surface area contributed by atoms with E-state index < -0.39 is 5.92 Å². The van der Waals surface area contributed by atoms with E-state index in [1.165, 1.54) is 5.56 Å². The number of amides is 3. The Bertz CT molecular complexity index is 1050. The number of hydrogen-bond donors (Lipinski definition) is 1. The zero-order valence-corrected chi connectivity index (χ0v) is 18.9. The normalized spacial score (nSPS) is 21.0. The number of nitrogens with zero attached hydrogens (tertiary/aromatic N) is 3. The molecule has 2 aromatic rings. The Morgan fingerprint density at radius 1 is 1.03 bits per heavy atom. The number of pyridine rings is 1. The molecular formula is C25H30N4O3. The van der Waals surface area contributed by atoms with Gasteiger partial charge in [-0.05, 0) is 75.4 Å². The van der Waals surface area contributed by atoms with Crippen LogP contribution in [0.15, 0.2) is 36.4 Å². The van der Waals surface area contributed by atoms with Gasteiger partial charge in [-0.2, -0.15) is 0 Å². The predicted octanol–water partition coefficient (Wildman–Crippen LogP) is 3.24. The van der Waals surface area contributed by atoms with Gasteiger partial charge >= 0.3 is 0 Å². The molecule has 1 N–H and O–H groups in total. The lowest BCUT2D eigenvalue weighted by Gasteiger charge is -2.33. The third-order valence-electron chi connectivity index (χ3n) is 6.55. The summed E-state index contributed by atoms with van der Waals surface area (Å²) in [4.78, 5) is 46.8. The van der Waals surface area contributed by atoms with Crippen LogP contribution >= 0.6 is 0 Å². The maximum absolute atomic E-state index is 13.2. The number of aromatic nitrogens is 1. The van der Waals surface area contributed by atoms with E-state index in [0.717, 1.165) is 29.8 Å². The van der Waals surface area contributed by atoms with Crippen molar-refractivity contribution < 1.29 is 14.4 Å². The van der Waals surface area contributed by atoms with Gasteiger partial charge in [0.25, 0.3) is 0 Å². The van der Waals surface area contributed by atoms with Gasteiger partial charge in [0.1, 0.15) is 11.7 Å².